The van der Waals surface area contributed by atoms with Crippen LogP contribution in [0.5, 0.6) is 5.75 Å². The molecule has 0 N–H and O–H groups in total. The lowest BCUT2D eigenvalue weighted by Gasteiger charge is -2.15. The zero-order chi connectivity index (χ0) is 18.3. The minimum atomic E-state index is -1.27. The predicted molar refractivity (Wildman–Crippen MR) is 97.2 cm³/mol. The van der Waals surface area contributed by atoms with E-state index in [0.717, 1.165) is 16.6 Å². The van der Waals surface area contributed by atoms with Crippen molar-refractivity contribution in [3.05, 3.63) is 69.0 Å². The number of ether oxygens (including phenoxy) is 1. The Morgan fingerprint density at radius 3 is 2.69 bits per heavy atom. The molecule has 0 saturated heterocycles. The molecule has 0 fully saturated rings. The maximum absolute atomic E-state index is 12.7. The number of hydrogen-bond acceptors (Lipinski definition) is 6. The molecule has 1 atom stereocenters. The lowest BCUT2D eigenvalue weighted by molar-refractivity contribution is -0.312. The van der Waals surface area contributed by atoms with Crippen LogP contribution < -0.4 is 19.9 Å². The highest BCUT2D eigenvalue weighted by atomic mass is 32.1. The topological polar surface area (TPSA) is 83.7 Å². The summed E-state index contributed by atoms with van der Waals surface area (Å²) in [5, 5.41) is 10.7. The van der Waals surface area contributed by atoms with Crippen molar-refractivity contribution in [3.8, 4) is 5.75 Å². The SMILES string of the molecule is C[C@H](Oc1ccc(/C=c2\sc3nc4ccccc4n3c2=O)cc1)C(=O)[O-]. The van der Waals surface area contributed by atoms with Crippen LogP contribution in [-0.2, 0) is 4.79 Å². The Kier molecular flexibility index (Phi) is 3.93. The molecule has 2 aromatic heterocycles. The van der Waals surface area contributed by atoms with Crippen molar-refractivity contribution in [3.63, 3.8) is 0 Å². The highest BCUT2D eigenvalue weighted by molar-refractivity contribution is 7.15. The quantitative estimate of drug-likeness (QED) is 0.538. The summed E-state index contributed by atoms with van der Waals surface area (Å²) in [6, 6.07) is 14.4. The Bertz CT molecular complexity index is 1220. The third-order valence-corrected chi connectivity index (χ3v) is 4.94. The molecule has 0 spiro atoms. The molecule has 0 unspecified atom stereocenters. The zero-order valence-electron chi connectivity index (χ0n) is 13.7. The van der Waals surface area contributed by atoms with Crippen LogP contribution in [0.25, 0.3) is 22.1 Å². The van der Waals surface area contributed by atoms with Gasteiger partial charge in [-0.2, -0.15) is 0 Å². The number of carboxylic acid groups (broad SMARTS) is 1. The molecule has 4 aromatic rings. The summed E-state index contributed by atoms with van der Waals surface area (Å²) < 4.78 is 7.43. The molecule has 0 radical (unpaired) electrons. The van der Waals surface area contributed by atoms with Gasteiger partial charge < -0.3 is 14.6 Å². The van der Waals surface area contributed by atoms with Gasteiger partial charge in [0.1, 0.15) is 11.9 Å². The monoisotopic (exact) mass is 365 g/mol. The van der Waals surface area contributed by atoms with E-state index in [1.165, 1.54) is 18.3 Å². The van der Waals surface area contributed by atoms with Gasteiger partial charge in [0, 0.05) is 0 Å². The van der Waals surface area contributed by atoms with Gasteiger partial charge in [0.05, 0.1) is 21.5 Å². The minimum Gasteiger partial charge on any atom is -0.546 e. The number of carbonyl (C=O) groups excluding carboxylic acids is 1. The van der Waals surface area contributed by atoms with E-state index in [0.29, 0.717) is 15.2 Å². The first-order chi connectivity index (χ1) is 12.5. The Balaban J connectivity index is 1.71. The highest BCUT2D eigenvalue weighted by Crippen LogP contribution is 2.17. The Labute approximate surface area is 151 Å². The highest BCUT2D eigenvalue weighted by Gasteiger charge is 2.10. The van der Waals surface area contributed by atoms with Crippen LogP contribution in [0, 0.1) is 0 Å². The first kappa shape index (κ1) is 16.3. The van der Waals surface area contributed by atoms with E-state index in [1.807, 2.05) is 24.3 Å². The van der Waals surface area contributed by atoms with Gasteiger partial charge in [0.2, 0.25) is 0 Å². The number of hydrogen-bond donors (Lipinski definition) is 0. The maximum atomic E-state index is 12.7. The molecule has 130 valence electrons. The standard InChI is InChI=1S/C19H14N2O4S/c1-11(18(23)24)25-13-8-6-12(7-9-13)10-16-17(22)21-15-5-3-2-4-14(15)20-19(21)26-16/h2-11H,1H3,(H,23,24)/p-1/b16-10-/t11-/m0/s1. The number of para-hydroxylation sites is 2. The van der Waals surface area contributed by atoms with Crippen molar-refractivity contribution < 1.29 is 14.6 Å². The van der Waals surface area contributed by atoms with E-state index < -0.39 is 12.1 Å². The summed E-state index contributed by atoms with van der Waals surface area (Å²) in [4.78, 5) is 28.6. The molecular formula is C19H13N2O4S-. The molecule has 4 rings (SSSR count). The van der Waals surface area contributed by atoms with Crippen LogP contribution in [0.4, 0.5) is 0 Å². The van der Waals surface area contributed by atoms with Crippen molar-refractivity contribution in [1.82, 2.24) is 9.38 Å². The second-order valence-corrected chi connectivity index (χ2v) is 6.79. The molecule has 26 heavy (non-hydrogen) atoms. The average molecular weight is 365 g/mol. The zero-order valence-corrected chi connectivity index (χ0v) is 14.5. The van der Waals surface area contributed by atoms with Gasteiger partial charge in [0.25, 0.3) is 5.56 Å². The summed E-state index contributed by atoms with van der Waals surface area (Å²) in [7, 11) is 0. The van der Waals surface area contributed by atoms with Crippen molar-refractivity contribution in [1.29, 1.82) is 0 Å². The van der Waals surface area contributed by atoms with Gasteiger partial charge in [0.15, 0.2) is 4.96 Å². The maximum Gasteiger partial charge on any atom is 0.274 e. The lowest BCUT2D eigenvalue weighted by atomic mass is 10.2. The average Bonchev–Trinajstić information content (AvgIpc) is 3.13. The Hall–Kier alpha value is -3.19. The van der Waals surface area contributed by atoms with Crippen molar-refractivity contribution in [2.45, 2.75) is 13.0 Å². The number of carboxylic acids is 1. The second-order valence-electron chi connectivity index (χ2n) is 5.78. The molecule has 2 aromatic carbocycles. The molecule has 0 bridgehead atoms. The van der Waals surface area contributed by atoms with Gasteiger partial charge in [-0.15, -0.1) is 0 Å². The van der Waals surface area contributed by atoms with Crippen molar-refractivity contribution in [2.24, 2.45) is 0 Å². The number of fused-ring (bicyclic) bond motifs is 3. The first-order valence-corrected chi connectivity index (χ1v) is 8.74. The summed E-state index contributed by atoms with van der Waals surface area (Å²) in [6.07, 6.45) is 0.749. The molecule has 7 heteroatoms. The van der Waals surface area contributed by atoms with Crippen LogP contribution in [0.3, 0.4) is 0 Å². The summed E-state index contributed by atoms with van der Waals surface area (Å²) >= 11 is 1.33. The van der Waals surface area contributed by atoms with Crippen molar-refractivity contribution in [2.75, 3.05) is 0 Å². The predicted octanol–water partition coefficient (Wildman–Crippen LogP) is 0.974. The van der Waals surface area contributed by atoms with Gasteiger partial charge >= 0.3 is 0 Å². The molecule has 2 heterocycles. The fourth-order valence-corrected chi connectivity index (χ4v) is 3.65. The second kappa shape index (κ2) is 6.27. The summed E-state index contributed by atoms with van der Waals surface area (Å²) in [5.74, 6) is -0.848. The van der Waals surface area contributed by atoms with Crippen molar-refractivity contribution >= 4 is 39.4 Å². The number of nitrogens with zero attached hydrogens (tertiary/aromatic N) is 2. The number of rotatable bonds is 4. The number of carbonyl (C=O) groups is 1. The third-order valence-electron chi connectivity index (χ3n) is 3.97. The van der Waals surface area contributed by atoms with Gasteiger partial charge in [-0.05, 0) is 42.8 Å². The molecule has 0 aliphatic heterocycles. The molecule has 0 amide bonds. The normalized spacial score (nSPS) is 13.3. The molecule has 0 aliphatic carbocycles. The molecule has 0 aliphatic rings. The van der Waals surface area contributed by atoms with Crippen LogP contribution in [-0.4, -0.2) is 21.5 Å². The van der Waals surface area contributed by atoms with Gasteiger partial charge in [-0.1, -0.05) is 35.6 Å². The van der Waals surface area contributed by atoms with Crippen LogP contribution in [0.15, 0.2) is 53.3 Å². The Morgan fingerprint density at radius 1 is 1.23 bits per heavy atom. The molecule has 0 saturated carbocycles. The number of aromatic nitrogens is 2. The van der Waals surface area contributed by atoms with Crippen LogP contribution in [0.2, 0.25) is 0 Å². The molecule has 6 nitrogen and oxygen atoms in total. The van der Waals surface area contributed by atoms with Gasteiger partial charge in [-0.3, -0.25) is 4.79 Å². The minimum absolute atomic E-state index is 0.107. The van der Waals surface area contributed by atoms with E-state index in [-0.39, 0.29) is 5.56 Å². The fraction of sp³-hybridized carbons (Fsp3) is 0.105. The third kappa shape index (κ3) is 2.82. The number of benzene rings is 2. The van der Waals surface area contributed by atoms with Crippen LogP contribution >= 0.6 is 11.3 Å². The Morgan fingerprint density at radius 2 is 1.96 bits per heavy atom. The summed E-state index contributed by atoms with van der Waals surface area (Å²) in [6.45, 7) is 1.41. The lowest BCUT2D eigenvalue weighted by Crippen LogP contribution is -2.37. The van der Waals surface area contributed by atoms with E-state index in [1.54, 1.807) is 34.7 Å². The number of imidazole rings is 1. The van der Waals surface area contributed by atoms with E-state index in [9.17, 15) is 14.7 Å². The van der Waals surface area contributed by atoms with Crippen LogP contribution in [0.1, 0.15) is 12.5 Å². The van der Waals surface area contributed by atoms with E-state index in [2.05, 4.69) is 4.98 Å². The van der Waals surface area contributed by atoms with E-state index in [4.69, 9.17) is 4.74 Å². The largest absolute Gasteiger partial charge is 0.546 e. The molecular weight excluding hydrogens is 352 g/mol. The van der Waals surface area contributed by atoms with E-state index >= 15 is 0 Å². The number of aliphatic carboxylic acids is 1. The van der Waals surface area contributed by atoms with Gasteiger partial charge in [-0.25, -0.2) is 9.38 Å². The first-order valence-electron chi connectivity index (χ1n) is 7.92. The smallest absolute Gasteiger partial charge is 0.274 e. The summed E-state index contributed by atoms with van der Waals surface area (Å²) in [5.41, 5.74) is 2.29. The fourth-order valence-electron chi connectivity index (χ4n) is 2.66. The number of thiazole rings is 1.